The lowest BCUT2D eigenvalue weighted by Crippen LogP contribution is -2.47. The maximum absolute atomic E-state index is 14.2. The fourth-order valence-electron chi connectivity index (χ4n) is 3.56. The first-order chi connectivity index (χ1) is 13.5. The monoisotopic (exact) mass is 388 g/mol. The number of ether oxygens (including phenoxy) is 1. The summed E-state index contributed by atoms with van der Waals surface area (Å²) >= 11 is 0. The molecular formula is C20H25FN4O3. The van der Waals surface area contributed by atoms with Crippen LogP contribution in [0, 0.1) is 18.2 Å². The van der Waals surface area contributed by atoms with Crippen molar-refractivity contribution in [2.45, 2.75) is 19.8 Å². The van der Waals surface area contributed by atoms with Gasteiger partial charge in [0, 0.05) is 30.8 Å². The molecule has 1 fully saturated rings. The smallest absolute Gasteiger partial charge is 0.275 e. The minimum absolute atomic E-state index is 0.176. The van der Waals surface area contributed by atoms with Gasteiger partial charge in [-0.05, 0) is 45.0 Å². The number of aryl methyl sites for hydroxylation is 1. The molecule has 0 radical (unpaired) electrons. The van der Waals surface area contributed by atoms with Crippen molar-refractivity contribution in [1.29, 1.82) is 0 Å². The number of para-hydroxylation sites is 1. The van der Waals surface area contributed by atoms with Crippen molar-refractivity contribution in [1.82, 2.24) is 20.4 Å². The van der Waals surface area contributed by atoms with Gasteiger partial charge in [0.1, 0.15) is 11.5 Å². The van der Waals surface area contributed by atoms with Gasteiger partial charge in [-0.25, -0.2) is 9.07 Å². The number of carbonyl (C=O) groups is 1. The molecular weight excluding hydrogens is 363 g/mol. The second-order valence-corrected chi connectivity index (χ2v) is 7.23. The Hall–Kier alpha value is -2.58. The summed E-state index contributed by atoms with van der Waals surface area (Å²) in [5.41, 5.74) is -0.293. The van der Waals surface area contributed by atoms with Crippen LogP contribution in [0.5, 0.6) is 0 Å². The molecule has 1 aromatic carbocycles. The molecule has 3 rings (SSSR count). The second-order valence-electron chi connectivity index (χ2n) is 7.23. The minimum atomic E-state index is -0.566. The van der Waals surface area contributed by atoms with Gasteiger partial charge in [-0.2, -0.15) is 5.10 Å². The Kier molecular flexibility index (Phi) is 6.21. The van der Waals surface area contributed by atoms with Crippen LogP contribution < -0.4 is 16.1 Å². The molecule has 150 valence electrons. The molecule has 0 spiro atoms. The van der Waals surface area contributed by atoms with Crippen molar-refractivity contribution in [2.24, 2.45) is 5.41 Å². The molecule has 1 aliphatic heterocycles. The van der Waals surface area contributed by atoms with Crippen molar-refractivity contribution >= 4 is 5.91 Å². The first-order valence-corrected chi connectivity index (χ1v) is 9.29. The highest BCUT2D eigenvalue weighted by Gasteiger charge is 2.33. The number of nitrogens with one attached hydrogen (secondary N) is 2. The van der Waals surface area contributed by atoms with Crippen molar-refractivity contribution in [3.8, 4) is 5.69 Å². The average Bonchev–Trinajstić information content (AvgIpc) is 2.68. The van der Waals surface area contributed by atoms with Crippen LogP contribution in [0.25, 0.3) is 5.69 Å². The van der Waals surface area contributed by atoms with Crippen LogP contribution in [0.15, 0.2) is 35.1 Å². The highest BCUT2D eigenvalue weighted by molar-refractivity contribution is 5.92. The second kappa shape index (κ2) is 8.62. The van der Waals surface area contributed by atoms with Gasteiger partial charge in [0.15, 0.2) is 5.69 Å². The number of hydrogen-bond acceptors (Lipinski definition) is 5. The summed E-state index contributed by atoms with van der Waals surface area (Å²) in [5, 5.41) is 10.3. The first-order valence-electron chi connectivity index (χ1n) is 9.29. The van der Waals surface area contributed by atoms with Crippen LogP contribution in [0.4, 0.5) is 4.39 Å². The van der Waals surface area contributed by atoms with E-state index in [1.54, 1.807) is 32.2 Å². The molecule has 0 saturated carbocycles. The SMILES string of the molecule is COCC1(CNC(=O)c2nn(-c3ccccc3F)c(C)cc2=O)CCNCC1. The van der Waals surface area contributed by atoms with Gasteiger partial charge in [0.2, 0.25) is 5.43 Å². The standard InChI is InChI=1S/C20H25FN4O3/c1-14-11-17(26)18(24-25(14)16-6-4-3-5-15(16)21)19(27)23-12-20(13-28-2)7-9-22-10-8-20/h3-6,11,22H,7-10,12-13H2,1-2H3,(H,23,27). The number of aromatic nitrogens is 2. The largest absolute Gasteiger partial charge is 0.384 e. The fourth-order valence-corrected chi connectivity index (χ4v) is 3.56. The third-order valence-corrected chi connectivity index (χ3v) is 5.14. The van der Waals surface area contributed by atoms with E-state index in [4.69, 9.17) is 4.74 Å². The molecule has 0 bridgehead atoms. The number of carbonyl (C=O) groups excluding carboxylic acids is 1. The number of benzene rings is 1. The predicted molar refractivity (Wildman–Crippen MR) is 103 cm³/mol. The Bertz CT molecular complexity index is 901. The van der Waals surface area contributed by atoms with Crippen molar-refractivity contribution < 1.29 is 13.9 Å². The highest BCUT2D eigenvalue weighted by Crippen LogP contribution is 2.28. The number of nitrogens with zero attached hydrogens (tertiary/aromatic N) is 2. The maximum Gasteiger partial charge on any atom is 0.275 e. The molecule has 2 aromatic rings. The van der Waals surface area contributed by atoms with Crippen LogP contribution in [-0.2, 0) is 4.74 Å². The molecule has 8 heteroatoms. The Balaban J connectivity index is 1.85. The van der Waals surface area contributed by atoms with Gasteiger partial charge in [-0.3, -0.25) is 9.59 Å². The predicted octanol–water partition coefficient (Wildman–Crippen LogP) is 1.43. The molecule has 7 nitrogen and oxygen atoms in total. The number of methoxy groups -OCH3 is 1. The molecule has 0 atom stereocenters. The van der Waals surface area contributed by atoms with Crippen molar-refractivity contribution in [3.63, 3.8) is 0 Å². The van der Waals surface area contributed by atoms with Gasteiger partial charge in [0.25, 0.3) is 5.91 Å². The van der Waals surface area contributed by atoms with Crippen LogP contribution in [0.2, 0.25) is 0 Å². The third kappa shape index (κ3) is 4.28. The van der Waals surface area contributed by atoms with Crippen LogP contribution >= 0.6 is 0 Å². The summed E-state index contributed by atoms with van der Waals surface area (Å²) in [5.74, 6) is -1.05. The fraction of sp³-hybridized carbons (Fsp3) is 0.450. The molecule has 1 saturated heterocycles. The molecule has 1 aliphatic rings. The number of halogens is 1. The van der Waals surface area contributed by atoms with Gasteiger partial charge in [-0.1, -0.05) is 12.1 Å². The lowest BCUT2D eigenvalue weighted by atomic mass is 9.79. The van der Waals surface area contributed by atoms with Crippen LogP contribution in [0.3, 0.4) is 0 Å². The molecule has 0 unspecified atom stereocenters. The Morgan fingerprint density at radius 1 is 1.36 bits per heavy atom. The summed E-state index contributed by atoms with van der Waals surface area (Å²) < 4.78 is 20.8. The number of amides is 1. The van der Waals surface area contributed by atoms with Crippen molar-refractivity contribution in [2.75, 3.05) is 33.4 Å². The van der Waals surface area contributed by atoms with Gasteiger partial charge < -0.3 is 15.4 Å². The minimum Gasteiger partial charge on any atom is -0.384 e. The Morgan fingerprint density at radius 3 is 2.75 bits per heavy atom. The number of piperidine rings is 1. The summed E-state index contributed by atoms with van der Waals surface area (Å²) in [6.07, 6.45) is 1.73. The topological polar surface area (TPSA) is 85.2 Å². The molecule has 2 heterocycles. The lowest BCUT2D eigenvalue weighted by Gasteiger charge is -2.37. The highest BCUT2D eigenvalue weighted by atomic mass is 19.1. The number of hydrogen-bond donors (Lipinski definition) is 2. The van der Waals surface area contributed by atoms with E-state index >= 15 is 0 Å². The maximum atomic E-state index is 14.2. The zero-order valence-electron chi connectivity index (χ0n) is 16.1. The lowest BCUT2D eigenvalue weighted by molar-refractivity contribution is 0.0510. The van der Waals surface area contributed by atoms with E-state index in [0.717, 1.165) is 25.9 Å². The number of rotatable bonds is 6. The van der Waals surface area contributed by atoms with Gasteiger partial charge >= 0.3 is 0 Å². The van der Waals surface area contributed by atoms with E-state index in [1.165, 1.54) is 16.8 Å². The van der Waals surface area contributed by atoms with E-state index in [1.807, 2.05) is 0 Å². The first kappa shape index (κ1) is 20.2. The third-order valence-electron chi connectivity index (χ3n) is 5.14. The van der Waals surface area contributed by atoms with E-state index in [0.29, 0.717) is 18.8 Å². The Labute approximate surface area is 162 Å². The van der Waals surface area contributed by atoms with E-state index in [9.17, 15) is 14.0 Å². The van der Waals surface area contributed by atoms with Gasteiger partial charge in [-0.15, -0.1) is 0 Å². The van der Waals surface area contributed by atoms with E-state index in [-0.39, 0.29) is 16.8 Å². The average molecular weight is 388 g/mol. The normalized spacial score (nSPS) is 16.0. The summed E-state index contributed by atoms with van der Waals surface area (Å²) in [7, 11) is 1.64. The molecule has 1 aromatic heterocycles. The molecule has 28 heavy (non-hydrogen) atoms. The molecule has 2 N–H and O–H groups in total. The van der Waals surface area contributed by atoms with Crippen LogP contribution in [0.1, 0.15) is 29.0 Å². The van der Waals surface area contributed by atoms with Crippen molar-refractivity contribution in [3.05, 3.63) is 57.8 Å². The summed E-state index contributed by atoms with van der Waals surface area (Å²) in [6, 6.07) is 7.38. The quantitative estimate of drug-likeness (QED) is 0.782. The van der Waals surface area contributed by atoms with Gasteiger partial charge in [0.05, 0.1) is 6.61 Å². The Morgan fingerprint density at radius 2 is 2.07 bits per heavy atom. The zero-order valence-corrected chi connectivity index (χ0v) is 16.1. The summed E-state index contributed by atoms with van der Waals surface area (Å²) in [4.78, 5) is 25.0. The van der Waals surface area contributed by atoms with E-state index < -0.39 is 17.2 Å². The molecule has 1 amide bonds. The zero-order chi connectivity index (χ0) is 20.1. The van der Waals surface area contributed by atoms with E-state index in [2.05, 4.69) is 15.7 Å². The van der Waals surface area contributed by atoms with Crippen LogP contribution in [-0.4, -0.2) is 49.0 Å². The molecule has 0 aliphatic carbocycles. The summed E-state index contributed by atoms with van der Waals surface area (Å²) in [6.45, 7) is 4.25.